The molecule has 0 bridgehead atoms. The van der Waals surface area contributed by atoms with Gasteiger partial charge in [-0.1, -0.05) is 11.6 Å². The second kappa shape index (κ2) is 8.54. The van der Waals surface area contributed by atoms with Crippen molar-refractivity contribution in [2.45, 2.75) is 19.8 Å². The molecule has 3 rings (SSSR count). The number of benzene rings is 1. The third-order valence-electron chi connectivity index (χ3n) is 4.26. The SMILES string of the molecule is Cc1cc(OCCCC(=O)N2CCN(c3nccs3)CC2)ccc1Cl. The van der Waals surface area contributed by atoms with E-state index in [1.807, 2.05) is 41.6 Å². The molecular weight excluding hydrogens is 358 g/mol. The minimum absolute atomic E-state index is 0.203. The van der Waals surface area contributed by atoms with Crippen LogP contribution in [0.25, 0.3) is 0 Å². The molecule has 1 fully saturated rings. The Morgan fingerprint density at radius 1 is 1.32 bits per heavy atom. The lowest BCUT2D eigenvalue weighted by Gasteiger charge is -2.34. The van der Waals surface area contributed by atoms with Crippen LogP contribution in [0, 0.1) is 6.92 Å². The molecule has 0 radical (unpaired) electrons. The number of rotatable bonds is 6. The van der Waals surface area contributed by atoms with Gasteiger partial charge in [-0.05, 0) is 37.1 Å². The fourth-order valence-corrected chi connectivity index (χ4v) is 3.61. The number of hydrogen-bond acceptors (Lipinski definition) is 5. The number of amides is 1. The van der Waals surface area contributed by atoms with Gasteiger partial charge in [0.15, 0.2) is 5.13 Å². The molecule has 2 aromatic rings. The van der Waals surface area contributed by atoms with Crippen molar-refractivity contribution in [2.75, 3.05) is 37.7 Å². The van der Waals surface area contributed by atoms with Gasteiger partial charge >= 0.3 is 0 Å². The number of ether oxygens (including phenoxy) is 1. The minimum Gasteiger partial charge on any atom is -0.494 e. The first kappa shape index (κ1) is 18.0. The van der Waals surface area contributed by atoms with Gasteiger partial charge in [0.2, 0.25) is 5.91 Å². The van der Waals surface area contributed by atoms with Crippen molar-refractivity contribution in [1.29, 1.82) is 0 Å². The van der Waals surface area contributed by atoms with E-state index >= 15 is 0 Å². The second-order valence-electron chi connectivity index (χ2n) is 6.05. The van der Waals surface area contributed by atoms with Gasteiger partial charge in [-0.2, -0.15) is 0 Å². The molecule has 0 spiro atoms. The Kier molecular flexibility index (Phi) is 6.15. The van der Waals surface area contributed by atoms with E-state index in [1.54, 1.807) is 11.3 Å². The molecule has 25 heavy (non-hydrogen) atoms. The van der Waals surface area contributed by atoms with Crippen molar-refractivity contribution in [1.82, 2.24) is 9.88 Å². The monoisotopic (exact) mass is 379 g/mol. The number of thiazole rings is 1. The van der Waals surface area contributed by atoms with E-state index in [4.69, 9.17) is 16.3 Å². The van der Waals surface area contributed by atoms with Crippen molar-refractivity contribution in [3.63, 3.8) is 0 Å². The Morgan fingerprint density at radius 2 is 2.12 bits per heavy atom. The number of hydrogen-bond donors (Lipinski definition) is 0. The largest absolute Gasteiger partial charge is 0.494 e. The zero-order valence-electron chi connectivity index (χ0n) is 14.3. The van der Waals surface area contributed by atoms with Crippen molar-refractivity contribution in [2.24, 2.45) is 0 Å². The third-order valence-corrected chi connectivity index (χ3v) is 5.51. The maximum absolute atomic E-state index is 12.3. The molecule has 2 heterocycles. The number of nitrogens with zero attached hydrogens (tertiary/aromatic N) is 3. The first-order valence-electron chi connectivity index (χ1n) is 8.44. The number of carbonyl (C=O) groups is 1. The lowest BCUT2D eigenvalue weighted by molar-refractivity contribution is -0.131. The molecule has 0 atom stereocenters. The Bertz CT molecular complexity index is 700. The van der Waals surface area contributed by atoms with Crippen LogP contribution in [-0.2, 0) is 4.79 Å². The summed E-state index contributed by atoms with van der Waals surface area (Å²) in [5.41, 5.74) is 0.994. The molecule has 0 N–H and O–H groups in total. The highest BCUT2D eigenvalue weighted by atomic mass is 35.5. The number of halogens is 1. The van der Waals surface area contributed by atoms with Crippen LogP contribution in [0.3, 0.4) is 0 Å². The number of aryl methyl sites for hydroxylation is 1. The smallest absolute Gasteiger partial charge is 0.222 e. The molecule has 1 saturated heterocycles. The summed E-state index contributed by atoms with van der Waals surface area (Å²) in [6.45, 7) is 5.70. The summed E-state index contributed by atoms with van der Waals surface area (Å²) in [5.74, 6) is 1.00. The Labute approximate surface area is 157 Å². The molecule has 5 nitrogen and oxygen atoms in total. The molecule has 0 unspecified atom stereocenters. The number of piperazine rings is 1. The molecule has 0 aliphatic carbocycles. The van der Waals surface area contributed by atoms with Gasteiger partial charge in [-0.3, -0.25) is 4.79 Å². The van der Waals surface area contributed by atoms with E-state index in [9.17, 15) is 4.79 Å². The van der Waals surface area contributed by atoms with Crippen LogP contribution in [0.2, 0.25) is 5.02 Å². The number of aromatic nitrogens is 1. The zero-order chi connectivity index (χ0) is 17.6. The first-order chi connectivity index (χ1) is 12.1. The number of carbonyl (C=O) groups excluding carboxylic acids is 1. The van der Waals surface area contributed by atoms with Crippen LogP contribution in [0.4, 0.5) is 5.13 Å². The van der Waals surface area contributed by atoms with Crippen molar-refractivity contribution in [3.05, 3.63) is 40.4 Å². The Morgan fingerprint density at radius 3 is 2.80 bits per heavy atom. The van der Waals surface area contributed by atoms with E-state index in [1.165, 1.54) is 0 Å². The fraction of sp³-hybridized carbons (Fsp3) is 0.444. The molecule has 134 valence electrons. The molecule has 1 aromatic heterocycles. The van der Waals surface area contributed by atoms with Crippen LogP contribution < -0.4 is 9.64 Å². The minimum atomic E-state index is 0.203. The summed E-state index contributed by atoms with van der Waals surface area (Å²) in [5, 5.41) is 3.76. The van der Waals surface area contributed by atoms with Gasteiger partial charge in [0.25, 0.3) is 0 Å². The maximum Gasteiger partial charge on any atom is 0.222 e. The highest BCUT2D eigenvalue weighted by Crippen LogP contribution is 2.21. The summed E-state index contributed by atoms with van der Waals surface area (Å²) in [6.07, 6.45) is 3.05. The number of anilines is 1. The average molecular weight is 380 g/mol. The molecular formula is C18H22ClN3O2S. The molecule has 1 aliphatic rings. The predicted molar refractivity (Wildman–Crippen MR) is 102 cm³/mol. The Balaban J connectivity index is 1.36. The third kappa shape index (κ3) is 4.86. The summed E-state index contributed by atoms with van der Waals surface area (Å²) >= 11 is 7.64. The maximum atomic E-state index is 12.3. The van der Waals surface area contributed by atoms with Crippen molar-refractivity contribution < 1.29 is 9.53 Å². The van der Waals surface area contributed by atoms with Crippen LogP contribution in [-0.4, -0.2) is 48.6 Å². The topological polar surface area (TPSA) is 45.7 Å². The van der Waals surface area contributed by atoms with E-state index in [-0.39, 0.29) is 5.91 Å². The van der Waals surface area contributed by atoms with Crippen LogP contribution in [0.5, 0.6) is 5.75 Å². The molecule has 1 aromatic carbocycles. The highest BCUT2D eigenvalue weighted by Gasteiger charge is 2.21. The van der Waals surface area contributed by atoms with E-state index in [0.29, 0.717) is 19.4 Å². The quantitative estimate of drug-likeness (QED) is 0.719. The van der Waals surface area contributed by atoms with Crippen molar-refractivity contribution >= 4 is 34.0 Å². The fourth-order valence-electron chi connectivity index (χ4n) is 2.80. The normalized spacial score (nSPS) is 14.6. The van der Waals surface area contributed by atoms with E-state index in [2.05, 4.69) is 9.88 Å². The van der Waals surface area contributed by atoms with Crippen LogP contribution in [0.15, 0.2) is 29.8 Å². The lowest BCUT2D eigenvalue weighted by Crippen LogP contribution is -2.48. The standard InChI is InChI=1S/C18H22ClN3O2S/c1-14-13-15(4-5-16(14)19)24-11-2-3-17(23)21-7-9-22(10-8-21)18-20-6-12-25-18/h4-6,12-13H,2-3,7-11H2,1H3. The second-order valence-corrected chi connectivity index (χ2v) is 7.33. The van der Waals surface area contributed by atoms with Gasteiger partial charge in [-0.15, -0.1) is 11.3 Å². The van der Waals surface area contributed by atoms with Crippen LogP contribution in [0.1, 0.15) is 18.4 Å². The van der Waals surface area contributed by atoms with Gasteiger partial charge in [0.05, 0.1) is 6.61 Å². The molecule has 1 aliphatic heterocycles. The average Bonchev–Trinajstić information content (AvgIpc) is 3.16. The summed E-state index contributed by atoms with van der Waals surface area (Å²) < 4.78 is 5.70. The Hall–Kier alpha value is -1.79. The van der Waals surface area contributed by atoms with Gasteiger partial charge in [-0.25, -0.2) is 4.98 Å². The summed E-state index contributed by atoms with van der Waals surface area (Å²) in [7, 11) is 0. The van der Waals surface area contributed by atoms with Gasteiger partial charge < -0.3 is 14.5 Å². The first-order valence-corrected chi connectivity index (χ1v) is 9.70. The van der Waals surface area contributed by atoms with Gasteiger partial charge in [0.1, 0.15) is 5.75 Å². The summed E-state index contributed by atoms with van der Waals surface area (Å²) in [6, 6.07) is 5.61. The predicted octanol–water partition coefficient (Wildman–Crippen LogP) is 3.61. The molecule has 7 heteroatoms. The molecule has 1 amide bonds. The molecule has 0 saturated carbocycles. The highest BCUT2D eigenvalue weighted by molar-refractivity contribution is 7.13. The van der Waals surface area contributed by atoms with E-state index < -0.39 is 0 Å². The summed E-state index contributed by atoms with van der Waals surface area (Å²) in [4.78, 5) is 20.8. The van der Waals surface area contributed by atoms with Gasteiger partial charge in [0, 0.05) is 49.2 Å². The lowest BCUT2D eigenvalue weighted by atomic mass is 10.2. The van der Waals surface area contributed by atoms with Crippen LogP contribution >= 0.6 is 22.9 Å². The van der Waals surface area contributed by atoms with Crippen molar-refractivity contribution in [3.8, 4) is 5.75 Å². The van der Waals surface area contributed by atoms with E-state index in [0.717, 1.165) is 47.6 Å². The zero-order valence-corrected chi connectivity index (χ0v) is 15.9.